The van der Waals surface area contributed by atoms with Crippen LogP contribution in [0, 0.1) is 0 Å². The normalized spacial score (nSPS) is 17.9. The van der Waals surface area contributed by atoms with Gasteiger partial charge in [0.1, 0.15) is 0 Å². The number of piperidine rings is 1. The number of hydrogen-bond donors (Lipinski definition) is 2. The molecule has 0 aliphatic carbocycles. The minimum absolute atomic E-state index is 0. The van der Waals surface area contributed by atoms with E-state index in [1.54, 1.807) is 17.8 Å². The van der Waals surface area contributed by atoms with Crippen molar-refractivity contribution < 1.29 is 4.79 Å². The number of benzene rings is 1. The van der Waals surface area contributed by atoms with Crippen LogP contribution in [0.4, 0.5) is 0 Å². The molecule has 1 fully saturated rings. The van der Waals surface area contributed by atoms with E-state index in [2.05, 4.69) is 10.6 Å². The van der Waals surface area contributed by atoms with Crippen molar-refractivity contribution in [2.45, 2.75) is 24.6 Å². The van der Waals surface area contributed by atoms with Gasteiger partial charge in [-0.3, -0.25) is 4.79 Å². The molecule has 1 aliphatic rings. The van der Waals surface area contributed by atoms with Crippen molar-refractivity contribution in [3.63, 3.8) is 0 Å². The summed E-state index contributed by atoms with van der Waals surface area (Å²) in [7, 11) is 0. The molecule has 0 bridgehead atoms. The maximum atomic E-state index is 11.8. The number of nitrogens with one attached hydrogen (secondary N) is 2. The third-order valence-corrected chi connectivity index (χ3v) is 4.74. The van der Waals surface area contributed by atoms with Crippen LogP contribution >= 0.6 is 47.4 Å². The van der Waals surface area contributed by atoms with Crippen LogP contribution in [0.25, 0.3) is 0 Å². The van der Waals surface area contributed by atoms with Crippen LogP contribution in [0.2, 0.25) is 10.0 Å². The molecule has 1 amide bonds. The number of amides is 1. The highest BCUT2D eigenvalue weighted by molar-refractivity contribution is 7.99. The second-order valence-corrected chi connectivity index (χ2v) is 6.67. The first-order valence-corrected chi connectivity index (χ1v) is 8.58. The van der Waals surface area contributed by atoms with Gasteiger partial charge in [0.15, 0.2) is 0 Å². The Morgan fingerprint density at radius 3 is 2.90 bits per heavy atom. The van der Waals surface area contributed by atoms with Crippen LogP contribution in [-0.2, 0) is 10.5 Å². The van der Waals surface area contributed by atoms with Crippen molar-refractivity contribution >= 4 is 53.3 Å². The fraction of sp³-hybridized carbons (Fsp3) is 0.500. The van der Waals surface area contributed by atoms with Crippen LogP contribution in [0.15, 0.2) is 18.2 Å². The Hall–Kier alpha value is -0.130. The van der Waals surface area contributed by atoms with E-state index in [1.807, 2.05) is 12.1 Å². The number of carbonyl (C=O) groups excluding carboxylic acids is 1. The van der Waals surface area contributed by atoms with E-state index in [9.17, 15) is 4.79 Å². The Kier molecular flexibility index (Phi) is 8.83. The molecule has 1 atom stereocenters. The Bertz CT molecular complexity index is 468. The molecular formula is C14H19Cl3N2OS. The van der Waals surface area contributed by atoms with Gasteiger partial charge >= 0.3 is 0 Å². The summed E-state index contributed by atoms with van der Waals surface area (Å²) in [4.78, 5) is 11.8. The van der Waals surface area contributed by atoms with Gasteiger partial charge in [0.2, 0.25) is 5.91 Å². The summed E-state index contributed by atoms with van der Waals surface area (Å²) in [6, 6.07) is 5.72. The van der Waals surface area contributed by atoms with Crippen LogP contribution in [0.5, 0.6) is 0 Å². The smallest absolute Gasteiger partial charge is 0.230 e. The Labute approximate surface area is 145 Å². The van der Waals surface area contributed by atoms with Gasteiger partial charge in [-0.2, -0.15) is 0 Å². The van der Waals surface area contributed by atoms with Crippen LogP contribution in [0.3, 0.4) is 0 Å². The van der Waals surface area contributed by atoms with Crippen LogP contribution in [-0.4, -0.2) is 30.8 Å². The first kappa shape index (κ1) is 18.9. The van der Waals surface area contributed by atoms with Crippen molar-refractivity contribution in [1.82, 2.24) is 10.6 Å². The summed E-state index contributed by atoms with van der Waals surface area (Å²) in [6.07, 6.45) is 2.19. The number of halogens is 3. The summed E-state index contributed by atoms with van der Waals surface area (Å²) >= 11 is 13.5. The van der Waals surface area contributed by atoms with Crippen molar-refractivity contribution in [3.8, 4) is 0 Å². The van der Waals surface area contributed by atoms with E-state index in [4.69, 9.17) is 23.2 Å². The van der Waals surface area contributed by atoms with Gasteiger partial charge in [-0.25, -0.2) is 0 Å². The first-order chi connectivity index (χ1) is 9.65. The average Bonchev–Trinajstić information content (AvgIpc) is 2.42. The second kappa shape index (κ2) is 9.80. The maximum absolute atomic E-state index is 11.8. The predicted octanol–water partition coefficient (Wildman–Crippen LogP) is 3.52. The third-order valence-electron chi connectivity index (χ3n) is 3.17. The molecule has 21 heavy (non-hydrogen) atoms. The Morgan fingerprint density at radius 2 is 2.24 bits per heavy atom. The van der Waals surface area contributed by atoms with Gasteiger partial charge < -0.3 is 10.6 Å². The minimum atomic E-state index is 0. The molecule has 1 aliphatic heterocycles. The largest absolute Gasteiger partial charge is 0.351 e. The minimum Gasteiger partial charge on any atom is -0.351 e. The lowest BCUT2D eigenvalue weighted by molar-refractivity contribution is -0.119. The molecule has 0 saturated carbocycles. The SMILES string of the molecule is Cl.O=C(CSCc1ccc(Cl)cc1Cl)N[C@H]1CCCNC1. The Morgan fingerprint density at radius 1 is 1.43 bits per heavy atom. The van der Waals surface area contributed by atoms with E-state index in [0.717, 1.165) is 31.5 Å². The number of hydrogen-bond acceptors (Lipinski definition) is 3. The molecule has 7 heteroatoms. The average molecular weight is 370 g/mol. The van der Waals surface area contributed by atoms with Gasteiger partial charge in [-0.05, 0) is 37.1 Å². The molecule has 0 aromatic heterocycles. The second-order valence-electron chi connectivity index (χ2n) is 4.84. The fourth-order valence-corrected chi connectivity index (χ4v) is 3.53. The van der Waals surface area contributed by atoms with Gasteiger partial charge in [0.05, 0.1) is 5.75 Å². The number of rotatable bonds is 5. The zero-order valence-electron chi connectivity index (χ0n) is 11.5. The quantitative estimate of drug-likeness (QED) is 0.834. The van der Waals surface area contributed by atoms with E-state index < -0.39 is 0 Å². The monoisotopic (exact) mass is 368 g/mol. The topological polar surface area (TPSA) is 41.1 Å². The van der Waals surface area contributed by atoms with Crippen LogP contribution in [0.1, 0.15) is 18.4 Å². The predicted molar refractivity (Wildman–Crippen MR) is 93.9 cm³/mol. The van der Waals surface area contributed by atoms with Crippen LogP contribution < -0.4 is 10.6 Å². The number of thioether (sulfide) groups is 1. The molecule has 3 nitrogen and oxygen atoms in total. The van der Waals surface area contributed by atoms with Crippen molar-refractivity contribution in [2.24, 2.45) is 0 Å². The van der Waals surface area contributed by atoms with E-state index in [1.165, 1.54) is 0 Å². The molecule has 0 spiro atoms. The number of carbonyl (C=O) groups is 1. The van der Waals surface area contributed by atoms with E-state index in [-0.39, 0.29) is 24.4 Å². The lowest BCUT2D eigenvalue weighted by Gasteiger charge is -2.23. The molecule has 0 unspecified atom stereocenters. The summed E-state index contributed by atoms with van der Waals surface area (Å²) in [5.74, 6) is 1.26. The molecule has 118 valence electrons. The van der Waals surface area contributed by atoms with Gasteiger partial charge in [0.25, 0.3) is 0 Å². The standard InChI is InChI=1S/C14H18Cl2N2OS.ClH/c15-11-4-3-10(13(16)6-11)8-20-9-14(19)18-12-2-1-5-17-7-12;/h3-4,6,12,17H,1-2,5,7-9H2,(H,18,19);1H/t12-;/m0./s1. The van der Waals surface area contributed by atoms with Gasteiger partial charge in [-0.15, -0.1) is 24.2 Å². The molecule has 1 aromatic carbocycles. The van der Waals surface area contributed by atoms with Crippen molar-refractivity contribution in [1.29, 1.82) is 0 Å². The van der Waals surface area contributed by atoms with E-state index >= 15 is 0 Å². The third kappa shape index (κ3) is 6.66. The maximum Gasteiger partial charge on any atom is 0.230 e. The molecule has 2 N–H and O–H groups in total. The molecule has 1 aromatic rings. The molecule has 1 saturated heterocycles. The highest BCUT2D eigenvalue weighted by atomic mass is 35.5. The zero-order valence-corrected chi connectivity index (χ0v) is 14.7. The first-order valence-electron chi connectivity index (χ1n) is 6.67. The molecule has 1 heterocycles. The summed E-state index contributed by atoms with van der Waals surface area (Å²) in [5, 5.41) is 7.62. The van der Waals surface area contributed by atoms with Crippen molar-refractivity contribution in [3.05, 3.63) is 33.8 Å². The summed E-state index contributed by atoms with van der Waals surface area (Å²) in [6.45, 7) is 1.93. The molecular weight excluding hydrogens is 351 g/mol. The fourth-order valence-electron chi connectivity index (χ4n) is 2.14. The van der Waals surface area contributed by atoms with Gasteiger partial charge in [-0.1, -0.05) is 29.3 Å². The summed E-state index contributed by atoms with van der Waals surface area (Å²) < 4.78 is 0. The van der Waals surface area contributed by atoms with Gasteiger partial charge in [0, 0.05) is 28.4 Å². The lowest BCUT2D eigenvalue weighted by Crippen LogP contribution is -2.46. The Balaban J connectivity index is 0.00000220. The molecule has 2 rings (SSSR count). The highest BCUT2D eigenvalue weighted by Gasteiger charge is 2.15. The summed E-state index contributed by atoms with van der Waals surface area (Å²) in [5.41, 5.74) is 1.01. The molecule has 0 radical (unpaired) electrons. The lowest BCUT2D eigenvalue weighted by atomic mass is 10.1. The highest BCUT2D eigenvalue weighted by Crippen LogP contribution is 2.24. The van der Waals surface area contributed by atoms with E-state index in [0.29, 0.717) is 21.6 Å². The zero-order chi connectivity index (χ0) is 14.4. The van der Waals surface area contributed by atoms with Crippen molar-refractivity contribution in [2.75, 3.05) is 18.8 Å².